The molecule has 1 saturated carbocycles. The van der Waals surface area contributed by atoms with Gasteiger partial charge in [0.05, 0.1) is 5.69 Å². The second-order valence-electron chi connectivity index (χ2n) is 24.5. The molecule has 1 N–H and O–H groups in total. The van der Waals surface area contributed by atoms with Crippen molar-refractivity contribution in [1.29, 1.82) is 0 Å². The molecule has 2 nitrogen and oxygen atoms in total. The lowest BCUT2D eigenvalue weighted by molar-refractivity contribution is 0.109. The number of hydrogen-bond donors (Lipinski definition) is 1. The first kappa shape index (κ1) is 52.7. The summed E-state index contributed by atoms with van der Waals surface area (Å²) in [7, 11) is 2.55. The molecule has 3 heteroatoms. The average molecular weight is 952 g/mol. The summed E-state index contributed by atoms with van der Waals surface area (Å²) in [5.74, 6) is 0. The summed E-state index contributed by atoms with van der Waals surface area (Å²) in [6, 6.07) is 41.6. The smallest absolute Gasteiger partial charge is 0.192 e. The second-order valence-corrected chi connectivity index (χ2v) is 24.5. The Balaban J connectivity index is 1.37. The van der Waals surface area contributed by atoms with Gasteiger partial charge in [0.15, 0.2) is 7.28 Å². The lowest BCUT2D eigenvalue weighted by Gasteiger charge is -2.50. The molecule has 0 heterocycles. The Bertz CT molecular complexity index is 3020. The molecule has 1 fully saturated rings. The number of aryl methyl sites for hydroxylation is 2. The van der Waals surface area contributed by atoms with E-state index in [2.05, 4.69) is 237 Å². The van der Waals surface area contributed by atoms with Gasteiger partial charge in [-0.25, -0.2) is 0 Å². The highest BCUT2D eigenvalue weighted by Gasteiger charge is 2.45. The van der Waals surface area contributed by atoms with Gasteiger partial charge in [-0.2, -0.15) is 0 Å². The van der Waals surface area contributed by atoms with Gasteiger partial charge in [0.2, 0.25) is 0 Å². The minimum Gasteiger partial charge on any atom is -0.355 e. The lowest BCUT2D eigenvalue weighted by atomic mass is 9.52. The van der Waals surface area contributed by atoms with E-state index in [1.54, 1.807) is 5.56 Å². The Morgan fingerprint density at radius 1 is 0.736 bits per heavy atom. The third-order valence-corrected chi connectivity index (χ3v) is 16.8. The number of hydrogen-bond acceptors (Lipinski definition) is 2. The molecule has 72 heavy (non-hydrogen) atoms. The molecule has 0 aliphatic heterocycles. The zero-order chi connectivity index (χ0) is 51.6. The Hall–Kier alpha value is -5.67. The molecule has 0 spiro atoms. The average Bonchev–Trinajstić information content (AvgIpc) is 3.71. The van der Waals surface area contributed by atoms with E-state index in [1.165, 1.54) is 123 Å². The van der Waals surface area contributed by atoms with Crippen LogP contribution < -0.4 is 16.2 Å². The molecule has 6 aromatic rings. The first-order valence-electron chi connectivity index (χ1n) is 27.4. The Morgan fingerprint density at radius 3 is 2.19 bits per heavy atom. The van der Waals surface area contributed by atoms with E-state index in [1.807, 2.05) is 0 Å². The van der Waals surface area contributed by atoms with Crippen LogP contribution >= 0.6 is 0 Å². The number of rotatable bonds is 16. The van der Waals surface area contributed by atoms with Gasteiger partial charge in [0.25, 0.3) is 0 Å². The van der Waals surface area contributed by atoms with Crippen LogP contribution in [-0.2, 0) is 23.7 Å². The van der Waals surface area contributed by atoms with E-state index in [0.29, 0.717) is 0 Å². The summed E-state index contributed by atoms with van der Waals surface area (Å²) in [5, 5.41) is 3.91. The van der Waals surface area contributed by atoms with Crippen molar-refractivity contribution >= 4 is 41.0 Å². The van der Waals surface area contributed by atoms with Gasteiger partial charge in [-0.3, -0.25) is 4.99 Å². The Morgan fingerprint density at radius 2 is 1.47 bits per heavy atom. The van der Waals surface area contributed by atoms with Crippen LogP contribution in [0.5, 0.6) is 0 Å². The zero-order valence-electron chi connectivity index (χ0n) is 46.7. The number of allylic oxidation sites excluding steroid dienone is 4. The Labute approximate surface area is 437 Å². The van der Waals surface area contributed by atoms with Crippen LogP contribution in [0, 0.1) is 24.7 Å². The van der Waals surface area contributed by atoms with E-state index in [9.17, 15) is 0 Å². The molecule has 1 unspecified atom stereocenters. The fourth-order valence-electron chi connectivity index (χ4n) is 11.9. The van der Waals surface area contributed by atoms with Crippen LogP contribution in [0.25, 0.3) is 33.4 Å². The normalized spacial score (nSPS) is 17.0. The van der Waals surface area contributed by atoms with E-state index < -0.39 is 0 Å². The largest absolute Gasteiger partial charge is 0.355 e. The van der Waals surface area contributed by atoms with Crippen molar-refractivity contribution in [3.05, 3.63) is 172 Å². The van der Waals surface area contributed by atoms with Crippen molar-refractivity contribution in [2.24, 2.45) is 15.8 Å². The van der Waals surface area contributed by atoms with Crippen LogP contribution in [0.1, 0.15) is 173 Å². The first-order chi connectivity index (χ1) is 34.2. The van der Waals surface area contributed by atoms with E-state index in [4.69, 9.17) is 4.99 Å². The van der Waals surface area contributed by atoms with Gasteiger partial charge in [-0.05, 0) is 187 Å². The summed E-state index contributed by atoms with van der Waals surface area (Å²) >= 11 is 0. The fraction of sp³-hybridized carbons (Fsp3) is 0.406. The molecule has 0 saturated heterocycles. The molecule has 1 radical (unpaired) electrons. The van der Waals surface area contributed by atoms with E-state index in [0.717, 1.165) is 47.6 Å². The monoisotopic (exact) mass is 952 g/mol. The number of fused-ring (bicyclic) bond motifs is 3. The second kappa shape index (κ2) is 21.4. The third kappa shape index (κ3) is 11.4. The van der Waals surface area contributed by atoms with Crippen molar-refractivity contribution in [3.63, 3.8) is 0 Å². The molecule has 0 aromatic heterocycles. The molecular weight excluding hydrogens is 868 g/mol. The molecule has 2 aliphatic carbocycles. The van der Waals surface area contributed by atoms with Crippen molar-refractivity contribution in [2.75, 3.05) is 5.32 Å². The number of nitrogens with one attached hydrogen (secondary N) is 1. The summed E-state index contributed by atoms with van der Waals surface area (Å²) in [6.45, 7) is 33.1. The molecule has 1 atom stereocenters. The van der Waals surface area contributed by atoms with Crippen LogP contribution in [0.15, 0.2) is 138 Å². The van der Waals surface area contributed by atoms with Gasteiger partial charge in [-0.1, -0.05) is 201 Å². The van der Waals surface area contributed by atoms with Gasteiger partial charge >= 0.3 is 0 Å². The first-order valence-corrected chi connectivity index (χ1v) is 27.4. The summed E-state index contributed by atoms with van der Waals surface area (Å²) in [4.78, 5) is 5.76. The molecular formula is C69H84BN2. The SMILES string of the molecule is C/C=C\C(C)=C/C(C)=Nc1c(-c2cc(Nc3cccc(-c4ccccc4)c3)cc(C)c2[B]c2cc(CCCC)cc(C3(C)CCCCC3(C)C)c2C)ccc2c1-c1cc(C(C)(C)CCC(C)(C)C)ccc1C2. The van der Waals surface area contributed by atoms with Crippen molar-refractivity contribution in [1.82, 2.24) is 0 Å². The van der Waals surface area contributed by atoms with Crippen LogP contribution in [-0.4, -0.2) is 13.0 Å². The molecule has 373 valence electrons. The van der Waals surface area contributed by atoms with Gasteiger partial charge < -0.3 is 5.32 Å². The number of anilines is 2. The summed E-state index contributed by atoms with van der Waals surface area (Å²) in [5.41, 5.74) is 25.7. The van der Waals surface area contributed by atoms with E-state index in [-0.39, 0.29) is 21.7 Å². The maximum absolute atomic E-state index is 5.76. The summed E-state index contributed by atoms with van der Waals surface area (Å²) in [6.07, 6.45) is 18.3. The van der Waals surface area contributed by atoms with Crippen LogP contribution in [0.4, 0.5) is 17.1 Å². The number of aliphatic imine (C=N–C) groups is 1. The number of unbranched alkanes of at least 4 members (excludes halogenated alkanes) is 1. The van der Waals surface area contributed by atoms with Crippen molar-refractivity contribution in [2.45, 2.75) is 172 Å². The number of nitrogens with zero attached hydrogens (tertiary/aromatic N) is 1. The molecule has 2 aliphatic rings. The zero-order valence-corrected chi connectivity index (χ0v) is 46.7. The van der Waals surface area contributed by atoms with E-state index >= 15 is 0 Å². The predicted octanol–water partition coefficient (Wildman–Crippen LogP) is 18.5. The highest BCUT2D eigenvalue weighted by atomic mass is 14.9. The lowest BCUT2D eigenvalue weighted by Crippen LogP contribution is -2.44. The highest BCUT2D eigenvalue weighted by Crippen LogP contribution is 2.53. The standard InChI is InChI=1S/C69H84BN2/c1-15-17-25-50-40-61(69(14)35-22-21-34-68(69,12)13)49(6)62(41-50)70-64-47(4)39-57(72-56-29-23-28-52(43-56)51-26-19-18-20-27-51)45-60(64)58-33-31-54-42-53-30-32-55(67(10,11)37-36-66(7,8)9)44-59(53)63(54)65(58)71-48(5)38-46(3)24-16-2/h16,18-20,23-24,26-33,38-41,43-45,72H,15,17,21-22,25,34-37,42H2,1-14H3/b24-16-,46-38-,71-48?. The maximum atomic E-state index is 5.76. The molecule has 6 aromatic carbocycles. The Kier molecular flexibility index (Phi) is 15.7. The number of benzene rings is 6. The van der Waals surface area contributed by atoms with Crippen molar-refractivity contribution < 1.29 is 0 Å². The van der Waals surface area contributed by atoms with Crippen LogP contribution in [0.3, 0.4) is 0 Å². The summed E-state index contributed by atoms with van der Waals surface area (Å²) < 4.78 is 0. The minimum absolute atomic E-state index is 0.0255. The maximum Gasteiger partial charge on any atom is 0.192 e. The van der Waals surface area contributed by atoms with Gasteiger partial charge in [-0.15, -0.1) is 0 Å². The predicted molar refractivity (Wildman–Crippen MR) is 317 cm³/mol. The minimum atomic E-state index is 0.0255. The topological polar surface area (TPSA) is 24.4 Å². The quantitative estimate of drug-likeness (QED) is 0.0583. The van der Waals surface area contributed by atoms with Crippen LogP contribution in [0.2, 0.25) is 0 Å². The molecule has 0 bridgehead atoms. The van der Waals surface area contributed by atoms with Gasteiger partial charge in [0, 0.05) is 28.2 Å². The molecule has 0 amide bonds. The fourth-order valence-corrected chi connectivity index (χ4v) is 11.9. The van der Waals surface area contributed by atoms with Gasteiger partial charge in [0.1, 0.15) is 0 Å². The van der Waals surface area contributed by atoms with Crippen molar-refractivity contribution in [3.8, 4) is 33.4 Å². The molecule has 8 rings (SSSR count). The third-order valence-electron chi connectivity index (χ3n) is 16.8. The highest BCUT2D eigenvalue weighted by molar-refractivity contribution is 6.69.